The third-order valence-electron chi connectivity index (χ3n) is 2.51. The lowest BCUT2D eigenvalue weighted by Crippen LogP contribution is -2.07. The number of hydrogen-bond donors (Lipinski definition) is 0. The van der Waals surface area contributed by atoms with Crippen molar-refractivity contribution in [2.24, 2.45) is 0 Å². The number of hydrogen-bond acceptors (Lipinski definition) is 5. The maximum atomic E-state index is 11.8. The summed E-state index contributed by atoms with van der Waals surface area (Å²) < 4.78 is 9.93. The molecule has 0 aliphatic heterocycles. The predicted octanol–water partition coefficient (Wildman–Crippen LogP) is 1.94. The monoisotopic (exact) mass is 244 g/mol. The standard InChI is InChI=1S/C13H12N2O3/c1-17-11-8-15-7-10(12(11)13(16)18-2)9-3-5-14-6-4-9/h3-8H,1-2H3. The molecule has 0 aromatic carbocycles. The van der Waals surface area contributed by atoms with Crippen LogP contribution in [0.2, 0.25) is 0 Å². The zero-order chi connectivity index (χ0) is 13.0. The van der Waals surface area contributed by atoms with Gasteiger partial charge >= 0.3 is 5.97 Å². The maximum Gasteiger partial charge on any atom is 0.342 e. The van der Waals surface area contributed by atoms with Gasteiger partial charge in [-0.05, 0) is 17.7 Å². The van der Waals surface area contributed by atoms with Crippen molar-refractivity contribution in [3.05, 3.63) is 42.5 Å². The van der Waals surface area contributed by atoms with Gasteiger partial charge < -0.3 is 9.47 Å². The van der Waals surface area contributed by atoms with E-state index in [1.807, 2.05) is 0 Å². The highest BCUT2D eigenvalue weighted by Gasteiger charge is 2.19. The molecule has 0 aliphatic carbocycles. The second-order valence-electron chi connectivity index (χ2n) is 3.49. The van der Waals surface area contributed by atoms with E-state index >= 15 is 0 Å². The van der Waals surface area contributed by atoms with Crippen LogP contribution in [0.15, 0.2) is 36.9 Å². The fourth-order valence-electron chi connectivity index (χ4n) is 1.66. The molecular formula is C13H12N2O3. The minimum atomic E-state index is -0.457. The Bertz CT molecular complexity index is 555. The van der Waals surface area contributed by atoms with Crippen LogP contribution in [-0.4, -0.2) is 30.2 Å². The van der Waals surface area contributed by atoms with E-state index < -0.39 is 5.97 Å². The van der Waals surface area contributed by atoms with Crippen LogP contribution < -0.4 is 4.74 Å². The molecule has 0 atom stereocenters. The molecule has 0 unspecified atom stereocenters. The summed E-state index contributed by atoms with van der Waals surface area (Å²) in [6.45, 7) is 0. The molecule has 5 nitrogen and oxygen atoms in total. The molecule has 0 amide bonds. The van der Waals surface area contributed by atoms with Gasteiger partial charge in [0.2, 0.25) is 0 Å². The van der Waals surface area contributed by atoms with Gasteiger partial charge in [0, 0.05) is 24.2 Å². The predicted molar refractivity (Wildman–Crippen MR) is 65.4 cm³/mol. The van der Waals surface area contributed by atoms with E-state index in [9.17, 15) is 4.79 Å². The second kappa shape index (κ2) is 5.27. The number of aromatic nitrogens is 2. The van der Waals surface area contributed by atoms with Gasteiger partial charge in [0.05, 0.1) is 20.4 Å². The zero-order valence-electron chi connectivity index (χ0n) is 10.1. The van der Waals surface area contributed by atoms with Crippen LogP contribution in [0.4, 0.5) is 0 Å². The van der Waals surface area contributed by atoms with Crippen molar-refractivity contribution in [2.75, 3.05) is 14.2 Å². The normalized spacial score (nSPS) is 9.89. The SMILES string of the molecule is COC(=O)c1c(OC)cncc1-c1ccncc1. The lowest BCUT2D eigenvalue weighted by Gasteiger charge is -2.11. The van der Waals surface area contributed by atoms with Gasteiger partial charge in [0.15, 0.2) is 5.75 Å². The molecule has 2 heterocycles. The van der Waals surface area contributed by atoms with Crippen molar-refractivity contribution < 1.29 is 14.3 Å². The van der Waals surface area contributed by atoms with Crippen LogP contribution in [0.3, 0.4) is 0 Å². The molecule has 0 bridgehead atoms. The van der Waals surface area contributed by atoms with Crippen molar-refractivity contribution in [3.63, 3.8) is 0 Å². The Morgan fingerprint density at radius 1 is 1.11 bits per heavy atom. The van der Waals surface area contributed by atoms with E-state index in [0.717, 1.165) is 5.56 Å². The van der Waals surface area contributed by atoms with Gasteiger partial charge in [0.1, 0.15) is 5.56 Å². The highest BCUT2D eigenvalue weighted by Crippen LogP contribution is 2.29. The Hall–Kier alpha value is -2.43. The summed E-state index contributed by atoms with van der Waals surface area (Å²) in [6, 6.07) is 3.59. The Balaban J connectivity index is 2.64. The van der Waals surface area contributed by atoms with Gasteiger partial charge in [0.25, 0.3) is 0 Å². The van der Waals surface area contributed by atoms with Gasteiger partial charge in [-0.2, -0.15) is 0 Å². The molecule has 0 fully saturated rings. The maximum absolute atomic E-state index is 11.8. The van der Waals surface area contributed by atoms with E-state index in [1.54, 1.807) is 30.7 Å². The molecular weight excluding hydrogens is 232 g/mol. The van der Waals surface area contributed by atoms with Crippen molar-refractivity contribution in [3.8, 4) is 16.9 Å². The minimum absolute atomic E-state index is 0.362. The third kappa shape index (κ3) is 2.15. The summed E-state index contributed by atoms with van der Waals surface area (Å²) in [5.41, 5.74) is 1.85. The molecule has 0 radical (unpaired) electrons. The molecule has 0 saturated heterocycles. The number of methoxy groups -OCH3 is 2. The zero-order valence-corrected chi connectivity index (χ0v) is 10.1. The summed E-state index contributed by atoms with van der Waals surface area (Å²) >= 11 is 0. The van der Waals surface area contributed by atoms with Crippen molar-refractivity contribution in [2.45, 2.75) is 0 Å². The third-order valence-corrected chi connectivity index (χ3v) is 2.51. The molecule has 0 aliphatic rings. The molecule has 0 saturated carbocycles. The Morgan fingerprint density at radius 3 is 2.44 bits per heavy atom. The largest absolute Gasteiger partial charge is 0.494 e. The number of carbonyl (C=O) groups excluding carboxylic acids is 1. The Kier molecular flexibility index (Phi) is 3.52. The number of pyridine rings is 2. The number of carbonyl (C=O) groups is 1. The molecule has 2 rings (SSSR count). The topological polar surface area (TPSA) is 61.3 Å². The van der Waals surface area contributed by atoms with Crippen LogP contribution in [0.25, 0.3) is 11.1 Å². The summed E-state index contributed by atoms with van der Waals surface area (Å²) in [4.78, 5) is 19.8. The van der Waals surface area contributed by atoms with E-state index in [2.05, 4.69) is 9.97 Å². The van der Waals surface area contributed by atoms with Crippen molar-refractivity contribution >= 4 is 5.97 Å². The van der Waals surface area contributed by atoms with Crippen molar-refractivity contribution in [1.29, 1.82) is 0 Å². The Morgan fingerprint density at radius 2 is 1.83 bits per heavy atom. The first-order valence-corrected chi connectivity index (χ1v) is 5.28. The molecule has 0 N–H and O–H groups in total. The molecule has 0 spiro atoms. The van der Waals surface area contributed by atoms with Crippen LogP contribution in [-0.2, 0) is 4.74 Å². The summed E-state index contributed by atoms with van der Waals surface area (Å²) in [5, 5.41) is 0. The van der Waals surface area contributed by atoms with E-state index in [0.29, 0.717) is 16.9 Å². The van der Waals surface area contributed by atoms with Crippen LogP contribution in [0, 0.1) is 0 Å². The summed E-state index contributed by atoms with van der Waals surface area (Å²) in [5.74, 6) is -0.0720. The van der Waals surface area contributed by atoms with E-state index in [1.165, 1.54) is 20.4 Å². The molecule has 5 heteroatoms. The quantitative estimate of drug-likeness (QED) is 0.772. The van der Waals surface area contributed by atoms with Crippen LogP contribution in [0.1, 0.15) is 10.4 Å². The first kappa shape index (κ1) is 12.0. The lowest BCUT2D eigenvalue weighted by molar-refractivity contribution is 0.0598. The molecule has 2 aromatic rings. The Labute approximate surface area is 104 Å². The van der Waals surface area contributed by atoms with Gasteiger partial charge in [-0.3, -0.25) is 9.97 Å². The average molecular weight is 244 g/mol. The number of rotatable bonds is 3. The molecule has 92 valence electrons. The van der Waals surface area contributed by atoms with E-state index in [4.69, 9.17) is 9.47 Å². The first-order valence-electron chi connectivity index (χ1n) is 5.28. The minimum Gasteiger partial charge on any atom is -0.494 e. The van der Waals surface area contributed by atoms with Crippen LogP contribution >= 0.6 is 0 Å². The number of ether oxygens (including phenoxy) is 2. The van der Waals surface area contributed by atoms with Crippen molar-refractivity contribution in [1.82, 2.24) is 9.97 Å². The second-order valence-corrected chi connectivity index (χ2v) is 3.49. The first-order chi connectivity index (χ1) is 8.77. The number of nitrogens with zero attached hydrogens (tertiary/aromatic N) is 2. The van der Waals surface area contributed by atoms with E-state index in [-0.39, 0.29) is 0 Å². The average Bonchev–Trinajstić information content (AvgIpc) is 2.46. The van der Waals surface area contributed by atoms with Gasteiger partial charge in [-0.1, -0.05) is 0 Å². The summed E-state index contributed by atoms with van der Waals surface area (Å²) in [7, 11) is 2.82. The van der Waals surface area contributed by atoms with Gasteiger partial charge in [-0.25, -0.2) is 4.79 Å². The molecule has 18 heavy (non-hydrogen) atoms. The lowest BCUT2D eigenvalue weighted by atomic mass is 10.0. The highest BCUT2D eigenvalue weighted by molar-refractivity contribution is 5.99. The fraction of sp³-hybridized carbons (Fsp3) is 0.154. The summed E-state index contributed by atoms with van der Waals surface area (Å²) in [6.07, 6.45) is 6.38. The van der Waals surface area contributed by atoms with Gasteiger partial charge in [-0.15, -0.1) is 0 Å². The fourth-order valence-corrected chi connectivity index (χ4v) is 1.66. The highest BCUT2D eigenvalue weighted by atomic mass is 16.5. The smallest absolute Gasteiger partial charge is 0.342 e. The molecule has 2 aromatic heterocycles. The van der Waals surface area contributed by atoms with Crippen LogP contribution in [0.5, 0.6) is 5.75 Å². The number of esters is 1.